The van der Waals surface area contributed by atoms with Crippen LogP contribution in [0.2, 0.25) is 0 Å². The normalized spacial score (nSPS) is 27.7. The Morgan fingerprint density at radius 1 is 1.31 bits per heavy atom. The van der Waals surface area contributed by atoms with Crippen molar-refractivity contribution in [3.8, 4) is 5.75 Å². The molecular weight excluding hydrogens is 366 g/mol. The number of fused-ring (bicyclic) bond motifs is 3. The number of quaternary nitrogens is 1. The highest BCUT2D eigenvalue weighted by atomic mass is 16.6. The molecule has 2 aromatic rings. The predicted molar refractivity (Wildman–Crippen MR) is 115 cm³/mol. The fourth-order valence-corrected chi connectivity index (χ4v) is 5.21. The molecule has 154 valence electrons. The number of likely N-dealkylation sites (tertiary alicyclic amines) is 1. The van der Waals surface area contributed by atoms with E-state index in [2.05, 4.69) is 31.0 Å². The minimum atomic E-state index is -0.512. The number of ether oxygens (including phenoxy) is 1. The first-order valence-electron chi connectivity index (χ1n) is 10.1. The van der Waals surface area contributed by atoms with Gasteiger partial charge in [-0.05, 0) is 48.2 Å². The molecule has 1 N–H and O–H groups in total. The summed E-state index contributed by atoms with van der Waals surface area (Å²) in [6.45, 7) is 6.90. The summed E-state index contributed by atoms with van der Waals surface area (Å²) < 4.78 is 5.33. The largest absolute Gasteiger partial charge is 0.631 e. The fraction of sp³-hybridized carbons (Fsp3) is 0.435. The number of carbonyl (C=O) groups is 1. The summed E-state index contributed by atoms with van der Waals surface area (Å²) in [6.07, 6.45) is 0.147. The lowest BCUT2D eigenvalue weighted by Crippen LogP contribution is -2.54. The topological polar surface area (TPSA) is 64.6 Å². The molecule has 0 bridgehead atoms. The van der Waals surface area contributed by atoms with Gasteiger partial charge in [0.05, 0.1) is 19.0 Å². The molecule has 1 fully saturated rings. The zero-order valence-corrected chi connectivity index (χ0v) is 17.7. The van der Waals surface area contributed by atoms with Crippen molar-refractivity contribution in [1.82, 2.24) is 0 Å². The first kappa shape index (κ1) is 19.7. The van der Waals surface area contributed by atoms with Crippen LogP contribution in [0.15, 0.2) is 42.5 Å². The summed E-state index contributed by atoms with van der Waals surface area (Å²) in [5.74, 6) is 0.784. The molecule has 2 heterocycles. The molecular formula is C23H29N3O3. The van der Waals surface area contributed by atoms with Crippen molar-refractivity contribution in [3.05, 3.63) is 58.8 Å². The predicted octanol–water partition coefficient (Wildman–Crippen LogP) is 4.80. The third-order valence-corrected chi connectivity index (χ3v) is 6.52. The second-order valence-electron chi connectivity index (χ2n) is 8.99. The lowest BCUT2D eigenvalue weighted by Gasteiger charge is -2.44. The Morgan fingerprint density at radius 2 is 2.03 bits per heavy atom. The van der Waals surface area contributed by atoms with Crippen LogP contribution >= 0.6 is 0 Å². The van der Waals surface area contributed by atoms with Crippen LogP contribution < -0.4 is 15.0 Å². The minimum Gasteiger partial charge on any atom is -0.631 e. The van der Waals surface area contributed by atoms with Gasteiger partial charge in [-0.1, -0.05) is 32.0 Å². The highest BCUT2D eigenvalue weighted by Gasteiger charge is 2.58. The van der Waals surface area contributed by atoms with Gasteiger partial charge < -0.3 is 19.5 Å². The van der Waals surface area contributed by atoms with Crippen LogP contribution in [-0.4, -0.2) is 37.5 Å². The number of rotatable bonds is 3. The Balaban J connectivity index is 1.57. The van der Waals surface area contributed by atoms with Crippen LogP contribution in [0.25, 0.3) is 0 Å². The van der Waals surface area contributed by atoms with E-state index in [0.717, 1.165) is 28.9 Å². The highest BCUT2D eigenvalue weighted by Crippen LogP contribution is 2.54. The lowest BCUT2D eigenvalue weighted by atomic mass is 9.81. The summed E-state index contributed by atoms with van der Waals surface area (Å²) in [5, 5.41) is 15.8. The monoisotopic (exact) mass is 395 g/mol. The Kier molecular flexibility index (Phi) is 4.59. The van der Waals surface area contributed by atoms with Crippen LogP contribution in [0.3, 0.4) is 0 Å². The van der Waals surface area contributed by atoms with Crippen LogP contribution in [-0.2, 0) is 5.41 Å². The van der Waals surface area contributed by atoms with Crippen molar-refractivity contribution in [3.63, 3.8) is 0 Å². The minimum absolute atomic E-state index is 0.153. The second-order valence-corrected chi connectivity index (χ2v) is 8.99. The summed E-state index contributed by atoms with van der Waals surface area (Å²) in [4.78, 5) is 14.6. The molecule has 0 radical (unpaired) electrons. The number of benzene rings is 2. The standard InChI is InChI=1S/C23H29N3O3/c1-15(2)17-8-6-7-9-19(17)24-22(27)29-16-10-11-20-18(14-16)23(3)12-13-26(5,28)21(23)25(20)4/h6-11,14-15,21H,12-13H2,1-5H3,(H,24,27)/t21-,23-,26?/m0/s1. The Labute approximate surface area is 172 Å². The van der Waals surface area contributed by atoms with E-state index in [1.54, 1.807) is 13.1 Å². The van der Waals surface area contributed by atoms with E-state index in [1.807, 2.05) is 43.4 Å². The number of hydroxylamine groups is 3. The Morgan fingerprint density at radius 3 is 2.76 bits per heavy atom. The van der Waals surface area contributed by atoms with Crippen LogP contribution in [0.5, 0.6) is 5.75 Å². The third kappa shape index (κ3) is 3.16. The average Bonchev–Trinajstić information content (AvgIpc) is 3.04. The number of anilines is 2. The van der Waals surface area contributed by atoms with Gasteiger partial charge >= 0.3 is 6.09 Å². The molecule has 1 amide bonds. The van der Waals surface area contributed by atoms with E-state index in [1.165, 1.54) is 0 Å². The van der Waals surface area contributed by atoms with Gasteiger partial charge in [0.25, 0.3) is 0 Å². The molecule has 2 aliphatic rings. The van der Waals surface area contributed by atoms with E-state index in [4.69, 9.17) is 4.74 Å². The summed E-state index contributed by atoms with van der Waals surface area (Å²) >= 11 is 0. The molecule has 3 atom stereocenters. The maximum Gasteiger partial charge on any atom is 0.417 e. The van der Waals surface area contributed by atoms with E-state index in [9.17, 15) is 10.0 Å². The van der Waals surface area contributed by atoms with Crippen molar-refractivity contribution >= 4 is 17.5 Å². The zero-order chi connectivity index (χ0) is 21.0. The molecule has 6 nitrogen and oxygen atoms in total. The van der Waals surface area contributed by atoms with Gasteiger partial charge in [-0.15, -0.1) is 0 Å². The molecule has 0 spiro atoms. The number of nitrogens with one attached hydrogen (secondary N) is 1. The number of hydrogen-bond acceptors (Lipinski definition) is 4. The molecule has 1 unspecified atom stereocenters. The fourth-order valence-electron chi connectivity index (χ4n) is 5.21. The maximum absolute atomic E-state index is 13.0. The van der Waals surface area contributed by atoms with Gasteiger partial charge in [-0.25, -0.2) is 4.79 Å². The third-order valence-electron chi connectivity index (χ3n) is 6.52. The molecule has 0 saturated carbocycles. The van der Waals surface area contributed by atoms with E-state index in [0.29, 0.717) is 18.2 Å². The highest BCUT2D eigenvalue weighted by molar-refractivity contribution is 5.87. The van der Waals surface area contributed by atoms with E-state index < -0.39 is 6.09 Å². The molecule has 6 heteroatoms. The number of hydrogen-bond donors (Lipinski definition) is 1. The van der Waals surface area contributed by atoms with Gasteiger partial charge in [0.2, 0.25) is 0 Å². The Bertz CT molecular complexity index is 956. The van der Waals surface area contributed by atoms with Gasteiger partial charge in [-0.2, -0.15) is 0 Å². The lowest BCUT2D eigenvalue weighted by molar-refractivity contribution is -0.874. The van der Waals surface area contributed by atoms with E-state index in [-0.39, 0.29) is 16.2 Å². The van der Waals surface area contributed by atoms with Crippen molar-refractivity contribution in [2.24, 2.45) is 0 Å². The molecule has 29 heavy (non-hydrogen) atoms. The maximum atomic E-state index is 13.0. The van der Waals surface area contributed by atoms with Crippen LogP contribution in [0.4, 0.5) is 16.2 Å². The molecule has 0 aliphatic carbocycles. The van der Waals surface area contributed by atoms with Gasteiger partial charge in [-0.3, -0.25) is 5.32 Å². The van der Waals surface area contributed by atoms with Crippen LogP contribution in [0.1, 0.15) is 44.2 Å². The second kappa shape index (κ2) is 6.75. The van der Waals surface area contributed by atoms with Crippen LogP contribution in [0, 0.1) is 5.21 Å². The van der Waals surface area contributed by atoms with Crippen molar-refractivity contribution < 1.29 is 14.2 Å². The number of carbonyl (C=O) groups excluding carboxylic acids is 1. The summed E-state index contributed by atoms with van der Waals surface area (Å²) in [6, 6.07) is 13.4. The number of amides is 1. The number of likely N-dealkylation sites (N-methyl/N-ethyl adjacent to an activating group) is 2. The average molecular weight is 396 g/mol. The van der Waals surface area contributed by atoms with Gasteiger partial charge in [0.1, 0.15) is 5.75 Å². The SMILES string of the molecule is CC(C)c1ccccc1NC(=O)Oc1ccc2c(c1)[C@]1(C)CC[N+](C)([O-])[C@@H]1N2C. The first-order chi connectivity index (χ1) is 13.6. The number of nitrogens with zero attached hydrogens (tertiary/aromatic N) is 2. The molecule has 2 aliphatic heterocycles. The Hall–Kier alpha value is -2.57. The number of para-hydroxylation sites is 1. The zero-order valence-electron chi connectivity index (χ0n) is 17.7. The summed E-state index contributed by atoms with van der Waals surface area (Å²) in [5.41, 5.74) is 3.69. The molecule has 1 saturated heterocycles. The summed E-state index contributed by atoms with van der Waals surface area (Å²) in [7, 11) is 3.72. The van der Waals surface area contributed by atoms with E-state index >= 15 is 0 Å². The van der Waals surface area contributed by atoms with Gasteiger partial charge in [0, 0.05) is 24.8 Å². The van der Waals surface area contributed by atoms with Gasteiger partial charge in [0.15, 0.2) is 6.17 Å². The molecule has 4 rings (SSSR count). The molecule has 0 aromatic heterocycles. The first-order valence-corrected chi connectivity index (χ1v) is 10.1. The quantitative estimate of drug-likeness (QED) is 0.599. The van der Waals surface area contributed by atoms with Crippen molar-refractivity contribution in [2.75, 3.05) is 30.9 Å². The molecule has 2 aromatic carbocycles. The van der Waals surface area contributed by atoms with Crippen molar-refractivity contribution in [1.29, 1.82) is 0 Å². The smallest absolute Gasteiger partial charge is 0.417 e. The van der Waals surface area contributed by atoms with Crippen molar-refractivity contribution in [2.45, 2.75) is 44.7 Å².